The molecule has 0 unspecified atom stereocenters. The standard InChI is InChI=1S/C20H21N3O3S/c24-18(20-8-12-4-13(9-20)6-14(5-12)10-20)22-19-21-17(11-27-19)15-2-1-3-16(7-15)23(25)26/h1-3,7,11-14H,4-6,8-10H2,(H,21,22,24). The third-order valence-corrected chi connectivity index (χ3v) is 7.36. The summed E-state index contributed by atoms with van der Waals surface area (Å²) in [6.07, 6.45) is 6.98. The molecule has 4 bridgehead atoms. The third kappa shape index (κ3) is 2.94. The fourth-order valence-electron chi connectivity index (χ4n) is 5.86. The van der Waals surface area contributed by atoms with Crippen LogP contribution in [0.15, 0.2) is 29.6 Å². The number of thiazole rings is 1. The molecule has 1 aromatic heterocycles. The molecule has 4 aliphatic carbocycles. The summed E-state index contributed by atoms with van der Waals surface area (Å²) >= 11 is 1.38. The first-order chi connectivity index (χ1) is 13.0. The molecule has 0 saturated heterocycles. The van der Waals surface area contributed by atoms with Crippen molar-refractivity contribution in [1.82, 2.24) is 4.98 Å². The summed E-state index contributed by atoms with van der Waals surface area (Å²) < 4.78 is 0. The molecule has 6 rings (SSSR count). The van der Waals surface area contributed by atoms with E-state index in [4.69, 9.17) is 0 Å². The lowest BCUT2D eigenvalue weighted by molar-refractivity contribution is -0.384. The number of non-ortho nitro benzene ring substituents is 1. The number of benzene rings is 1. The van der Waals surface area contributed by atoms with Crippen molar-refractivity contribution in [3.63, 3.8) is 0 Å². The Morgan fingerprint density at radius 1 is 1.19 bits per heavy atom. The van der Waals surface area contributed by atoms with Gasteiger partial charge in [0.15, 0.2) is 5.13 Å². The van der Waals surface area contributed by atoms with Gasteiger partial charge >= 0.3 is 0 Å². The normalized spacial score (nSPS) is 31.0. The number of hydrogen-bond donors (Lipinski definition) is 1. The van der Waals surface area contributed by atoms with E-state index < -0.39 is 4.92 Å². The van der Waals surface area contributed by atoms with E-state index in [-0.39, 0.29) is 17.0 Å². The van der Waals surface area contributed by atoms with Crippen LogP contribution in [-0.2, 0) is 4.79 Å². The van der Waals surface area contributed by atoms with Crippen molar-refractivity contribution in [2.24, 2.45) is 23.2 Å². The summed E-state index contributed by atoms with van der Waals surface area (Å²) in [5.41, 5.74) is 1.19. The van der Waals surface area contributed by atoms with Crippen LogP contribution in [0.2, 0.25) is 0 Å². The lowest BCUT2D eigenvalue weighted by Crippen LogP contribution is -2.51. The molecule has 4 saturated carbocycles. The molecule has 6 nitrogen and oxygen atoms in total. The van der Waals surface area contributed by atoms with Gasteiger partial charge in [-0.25, -0.2) is 4.98 Å². The van der Waals surface area contributed by atoms with Crippen molar-refractivity contribution in [2.75, 3.05) is 5.32 Å². The number of nitro groups is 1. The Hall–Kier alpha value is -2.28. The average molecular weight is 383 g/mol. The van der Waals surface area contributed by atoms with Crippen LogP contribution in [0, 0.1) is 33.3 Å². The molecule has 1 heterocycles. The molecular weight excluding hydrogens is 362 g/mol. The van der Waals surface area contributed by atoms with Crippen LogP contribution >= 0.6 is 11.3 Å². The van der Waals surface area contributed by atoms with Crippen molar-refractivity contribution in [3.8, 4) is 11.3 Å². The van der Waals surface area contributed by atoms with Crippen LogP contribution in [0.25, 0.3) is 11.3 Å². The molecule has 0 spiro atoms. The molecule has 0 atom stereocenters. The van der Waals surface area contributed by atoms with Crippen molar-refractivity contribution >= 4 is 28.1 Å². The summed E-state index contributed by atoms with van der Waals surface area (Å²) in [6, 6.07) is 6.43. The summed E-state index contributed by atoms with van der Waals surface area (Å²) in [7, 11) is 0. The molecule has 140 valence electrons. The third-order valence-electron chi connectivity index (χ3n) is 6.60. The molecule has 4 fully saturated rings. The minimum absolute atomic E-state index is 0.0413. The number of carbonyl (C=O) groups is 1. The fourth-order valence-corrected chi connectivity index (χ4v) is 6.58. The molecule has 0 aliphatic heterocycles. The molecule has 2 aromatic rings. The highest BCUT2D eigenvalue weighted by Crippen LogP contribution is 2.60. The first-order valence-corrected chi connectivity index (χ1v) is 10.4. The predicted molar refractivity (Wildman–Crippen MR) is 103 cm³/mol. The zero-order valence-electron chi connectivity index (χ0n) is 14.9. The predicted octanol–water partition coefficient (Wildman–Crippen LogP) is 4.87. The Morgan fingerprint density at radius 3 is 2.48 bits per heavy atom. The molecule has 1 amide bonds. The quantitative estimate of drug-likeness (QED) is 0.603. The minimum atomic E-state index is -0.411. The van der Waals surface area contributed by atoms with Gasteiger partial charge in [0.25, 0.3) is 5.69 Å². The van der Waals surface area contributed by atoms with Gasteiger partial charge in [0.2, 0.25) is 5.91 Å². The van der Waals surface area contributed by atoms with Crippen LogP contribution in [0.3, 0.4) is 0 Å². The van der Waals surface area contributed by atoms with Gasteiger partial charge in [0.05, 0.1) is 16.0 Å². The van der Waals surface area contributed by atoms with Crippen LogP contribution < -0.4 is 5.32 Å². The summed E-state index contributed by atoms with van der Waals surface area (Å²) in [4.78, 5) is 28.2. The highest BCUT2D eigenvalue weighted by atomic mass is 32.1. The van der Waals surface area contributed by atoms with E-state index in [1.54, 1.807) is 12.1 Å². The van der Waals surface area contributed by atoms with Crippen molar-refractivity contribution in [2.45, 2.75) is 38.5 Å². The molecule has 7 heteroatoms. The molecular formula is C20H21N3O3S. The van der Waals surface area contributed by atoms with Crippen LogP contribution in [0.4, 0.5) is 10.8 Å². The maximum Gasteiger partial charge on any atom is 0.270 e. The molecule has 4 aliphatic rings. The minimum Gasteiger partial charge on any atom is -0.301 e. The topological polar surface area (TPSA) is 85.1 Å². The number of nitrogens with one attached hydrogen (secondary N) is 1. The zero-order chi connectivity index (χ0) is 18.6. The monoisotopic (exact) mass is 383 g/mol. The van der Waals surface area contributed by atoms with Crippen molar-refractivity contribution < 1.29 is 9.72 Å². The van der Waals surface area contributed by atoms with E-state index in [0.717, 1.165) is 37.0 Å². The van der Waals surface area contributed by atoms with Gasteiger partial charge in [0, 0.05) is 23.1 Å². The number of anilines is 1. The number of nitrogens with zero attached hydrogens (tertiary/aromatic N) is 2. The van der Waals surface area contributed by atoms with Gasteiger partial charge in [0.1, 0.15) is 0 Å². The van der Waals surface area contributed by atoms with Gasteiger partial charge in [-0.1, -0.05) is 12.1 Å². The summed E-state index contributed by atoms with van der Waals surface area (Å²) in [6.45, 7) is 0. The molecule has 1 N–H and O–H groups in total. The molecule has 0 radical (unpaired) electrons. The van der Waals surface area contributed by atoms with E-state index in [9.17, 15) is 14.9 Å². The molecule has 27 heavy (non-hydrogen) atoms. The second-order valence-corrected chi connectivity index (χ2v) is 9.36. The van der Waals surface area contributed by atoms with E-state index in [2.05, 4.69) is 10.3 Å². The molecule has 1 aromatic carbocycles. The first kappa shape index (κ1) is 16.9. The highest BCUT2D eigenvalue weighted by Gasteiger charge is 2.54. The maximum absolute atomic E-state index is 13.1. The average Bonchev–Trinajstić information content (AvgIpc) is 3.09. The van der Waals surface area contributed by atoms with E-state index in [0.29, 0.717) is 16.4 Å². The first-order valence-electron chi connectivity index (χ1n) is 9.52. The number of amides is 1. The number of carbonyl (C=O) groups excluding carboxylic acids is 1. The smallest absolute Gasteiger partial charge is 0.270 e. The van der Waals surface area contributed by atoms with Gasteiger partial charge in [-0.05, 0) is 56.3 Å². The van der Waals surface area contributed by atoms with Crippen LogP contribution in [0.1, 0.15) is 38.5 Å². The van der Waals surface area contributed by atoms with E-state index in [1.165, 1.54) is 42.7 Å². The Bertz CT molecular complexity index is 887. The second kappa shape index (κ2) is 6.12. The lowest BCUT2D eigenvalue weighted by Gasteiger charge is -2.55. The number of nitro benzene ring substituents is 1. The number of hydrogen-bond acceptors (Lipinski definition) is 5. The van der Waals surface area contributed by atoms with E-state index in [1.807, 2.05) is 5.38 Å². The Balaban J connectivity index is 1.34. The zero-order valence-corrected chi connectivity index (χ0v) is 15.7. The van der Waals surface area contributed by atoms with Crippen molar-refractivity contribution in [1.29, 1.82) is 0 Å². The van der Waals surface area contributed by atoms with Crippen molar-refractivity contribution in [3.05, 3.63) is 39.8 Å². The maximum atomic E-state index is 13.1. The van der Waals surface area contributed by atoms with Crippen LogP contribution in [0.5, 0.6) is 0 Å². The highest BCUT2D eigenvalue weighted by molar-refractivity contribution is 7.14. The second-order valence-electron chi connectivity index (χ2n) is 8.50. The fraction of sp³-hybridized carbons (Fsp3) is 0.500. The van der Waals surface area contributed by atoms with E-state index >= 15 is 0 Å². The van der Waals surface area contributed by atoms with Gasteiger partial charge < -0.3 is 5.32 Å². The lowest BCUT2D eigenvalue weighted by atomic mass is 9.49. The van der Waals surface area contributed by atoms with Gasteiger partial charge in [-0.2, -0.15) is 0 Å². The van der Waals surface area contributed by atoms with Gasteiger partial charge in [-0.3, -0.25) is 14.9 Å². The van der Waals surface area contributed by atoms with Gasteiger partial charge in [-0.15, -0.1) is 11.3 Å². The van der Waals surface area contributed by atoms with Crippen LogP contribution in [-0.4, -0.2) is 15.8 Å². The largest absolute Gasteiger partial charge is 0.301 e. The Kier molecular flexibility index (Phi) is 3.82. The Morgan fingerprint density at radius 2 is 1.85 bits per heavy atom. The summed E-state index contributed by atoms with van der Waals surface area (Å²) in [5.74, 6) is 2.29. The SMILES string of the molecule is O=C(Nc1nc(-c2cccc([N+](=O)[O-])c2)cs1)C12CC3CC(CC(C3)C1)C2. The Labute approximate surface area is 161 Å². The number of rotatable bonds is 4. The summed E-state index contributed by atoms with van der Waals surface area (Å²) in [5, 5.41) is 16.5. The number of aromatic nitrogens is 1.